The fourth-order valence-electron chi connectivity index (χ4n) is 1.03. The fourth-order valence-corrected chi connectivity index (χ4v) is 1.03. The van der Waals surface area contributed by atoms with Gasteiger partial charge in [0.25, 0.3) is 0 Å². The van der Waals surface area contributed by atoms with Gasteiger partial charge in [-0.15, -0.1) is 5.48 Å². The molecule has 72 valence electrons. The smallest absolute Gasteiger partial charge is 0.321 e. The van der Waals surface area contributed by atoms with Crippen molar-refractivity contribution in [1.82, 2.24) is 15.3 Å². The molecular weight excluding hydrogens is 170 g/mol. The van der Waals surface area contributed by atoms with E-state index in [1.807, 2.05) is 19.9 Å². The van der Waals surface area contributed by atoms with E-state index in [1.54, 1.807) is 4.68 Å². The van der Waals surface area contributed by atoms with Gasteiger partial charge in [-0.3, -0.25) is 9.48 Å². The molecule has 13 heavy (non-hydrogen) atoms. The summed E-state index contributed by atoms with van der Waals surface area (Å²) in [4.78, 5) is 15.0. The molecule has 5 nitrogen and oxygen atoms in total. The average molecular weight is 183 g/mol. The summed E-state index contributed by atoms with van der Waals surface area (Å²) in [6, 6.07) is 1.95. The zero-order valence-electron chi connectivity index (χ0n) is 8.00. The monoisotopic (exact) mass is 183 g/mol. The number of carbonyl (C=O) groups is 1. The molecule has 1 aromatic heterocycles. The number of nitrogens with one attached hydrogen (secondary N) is 1. The fraction of sp³-hybridized carbons (Fsp3) is 0.500. The molecule has 0 atom stereocenters. The third-order valence-corrected chi connectivity index (χ3v) is 1.53. The quantitative estimate of drug-likeness (QED) is 0.694. The van der Waals surface area contributed by atoms with E-state index in [9.17, 15) is 4.79 Å². The van der Waals surface area contributed by atoms with Gasteiger partial charge in [-0.2, -0.15) is 5.10 Å². The number of aromatic nitrogens is 2. The highest BCUT2D eigenvalue weighted by molar-refractivity contribution is 5.65. The first kappa shape index (κ1) is 9.73. The highest BCUT2D eigenvalue weighted by atomic mass is 16.7. The van der Waals surface area contributed by atoms with Crippen molar-refractivity contribution in [2.75, 3.05) is 0 Å². The lowest BCUT2D eigenvalue weighted by atomic mass is 10.4. The van der Waals surface area contributed by atoms with Crippen molar-refractivity contribution < 1.29 is 9.63 Å². The molecule has 0 amide bonds. The Bertz CT molecular complexity index is 306. The normalized spacial score (nSPS) is 10.1. The molecule has 0 fully saturated rings. The van der Waals surface area contributed by atoms with Crippen LogP contribution in [0.3, 0.4) is 0 Å². The maximum atomic E-state index is 10.4. The van der Waals surface area contributed by atoms with Gasteiger partial charge >= 0.3 is 5.97 Å². The molecule has 5 heteroatoms. The number of carbonyl (C=O) groups excluding carboxylic acids is 1. The van der Waals surface area contributed by atoms with Crippen LogP contribution in [0.5, 0.6) is 0 Å². The van der Waals surface area contributed by atoms with Crippen molar-refractivity contribution in [2.24, 2.45) is 0 Å². The van der Waals surface area contributed by atoms with E-state index in [0.717, 1.165) is 11.4 Å². The zero-order chi connectivity index (χ0) is 9.84. The van der Waals surface area contributed by atoms with Crippen molar-refractivity contribution in [3.8, 4) is 0 Å². The van der Waals surface area contributed by atoms with Gasteiger partial charge in [0.1, 0.15) is 6.67 Å². The SMILES string of the molecule is CC(=O)ONCn1nc(C)cc1C. The Labute approximate surface area is 76.6 Å². The first-order valence-corrected chi connectivity index (χ1v) is 4.01. The Morgan fingerprint density at radius 3 is 2.85 bits per heavy atom. The summed E-state index contributed by atoms with van der Waals surface area (Å²) in [6.07, 6.45) is 0. The van der Waals surface area contributed by atoms with Crippen LogP contribution in [-0.2, 0) is 16.3 Å². The van der Waals surface area contributed by atoms with E-state index < -0.39 is 0 Å². The van der Waals surface area contributed by atoms with Crippen LogP contribution in [0, 0.1) is 13.8 Å². The highest BCUT2D eigenvalue weighted by Gasteiger charge is 2.00. The molecule has 1 rings (SSSR count). The number of hydroxylamine groups is 1. The molecular formula is C8H13N3O2. The van der Waals surface area contributed by atoms with Crippen LogP contribution >= 0.6 is 0 Å². The lowest BCUT2D eigenvalue weighted by molar-refractivity contribution is -0.149. The Balaban J connectivity index is 2.45. The molecule has 1 N–H and O–H groups in total. The number of rotatable bonds is 3. The van der Waals surface area contributed by atoms with E-state index in [0.29, 0.717) is 6.67 Å². The minimum atomic E-state index is -0.360. The van der Waals surface area contributed by atoms with Gasteiger partial charge in [0.05, 0.1) is 5.69 Å². The van der Waals surface area contributed by atoms with Gasteiger partial charge in [0.2, 0.25) is 0 Å². The summed E-state index contributed by atoms with van der Waals surface area (Å²) in [5.41, 5.74) is 4.48. The van der Waals surface area contributed by atoms with Crippen LogP contribution in [0.15, 0.2) is 6.07 Å². The predicted molar refractivity (Wildman–Crippen MR) is 46.6 cm³/mol. The zero-order valence-corrected chi connectivity index (χ0v) is 8.00. The molecule has 0 saturated carbocycles. The van der Waals surface area contributed by atoms with Gasteiger partial charge in [0, 0.05) is 12.6 Å². The van der Waals surface area contributed by atoms with Crippen LogP contribution in [0.1, 0.15) is 18.3 Å². The van der Waals surface area contributed by atoms with E-state index in [2.05, 4.69) is 15.4 Å². The topological polar surface area (TPSA) is 56.1 Å². The summed E-state index contributed by atoms with van der Waals surface area (Å²) < 4.78 is 1.72. The molecule has 1 heterocycles. The van der Waals surface area contributed by atoms with Crippen LogP contribution in [-0.4, -0.2) is 15.7 Å². The maximum Gasteiger partial charge on any atom is 0.321 e. The largest absolute Gasteiger partial charge is 0.369 e. The summed E-state index contributed by atoms with van der Waals surface area (Å²) in [6.45, 7) is 5.57. The molecule has 0 aliphatic carbocycles. The minimum absolute atomic E-state index is 0.360. The molecule has 0 radical (unpaired) electrons. The van der Waals surface area contributed by atoms with Crippen LogP contribution in [0.4, 0.5) is 0 Å². The Morgan fingerprint density at radius 1 is 1.69 bits per heavy atom. The van der Waals surface area contributed by atoms with Gasteiger partial charge in [-0.25, -0.2) is 0 Å². The first-order valence-electron chi connectivity index (χ1n) is 4.01. The molecule has 0 aliphatic heterocycles. The van der Waals surface area contributed by atoms with Crippen molar-refractivity contribution >= 4 is 5.97 Å². The third-order valence-electron chi connectivity index (χ3n) is 1.53. The van der Waals surface area contributed by atoms with Gasteiger partial charge in [0.15, 0.2) is 0 Å². The number of hydrogen-bond acceptors (Lipinski definition) is 4. The second kappa shape index (κ2) is 4.04. The third kappa shape index (κ3) is 2.87. The number of aryl methyl sites for hydroxylation is 2. The van der Waals surface area contributed by atoms with Gasteiger partial charge < -0.3 is 4.84 Å². The maximum absolute atomic E-state index is 10.4. The molecule has 0 aliphatic rings. The van der Waals surface area contributed by atoms with Crippen LogP contribution < -0.4 is 5.48 Å². The van der Waals surface area contributed by atoms with Crippen LogP contribution in [0.2, 0.25) is 0 Å². The van der Waals surface area contributed by atoms with Gasteiger partial charge in [-0.05, 0) is 19.9 Å². The summed E-state index contributed by atoms with van der Waals surface area (Å²) in [7, 11) is 0. The molecule has 0 spiro atoms. The lowest BCUT2D eigenvalue weighted by Crippen LogP contribution is -2.22. The van der Waals surface area contributed by atoms with E-state index >= 15 is 0 Å². The second-order valence-electron chi connectivity index (χ2n) is 2.82. The molecule has 0 saturated heterocycles. The number of nitrogens with zero attached hydrogens (tertiary/aromatic N) is 2. The van der Waals surface area contributed by atoms with Crippen molar-refractivity contribution in [3.05, 3.63) is 17.5 Å². The van der Waals surface area contributed by atoms with Gasteiger partial charge in [-0.1, -0.05) is 0 Å². The molecule has 0 bridgehead atoms. The van der Waals surface area contributed by atoms with E-state index in [1.165, 1.54) is 6.92 Å². The standard InChI is InChI=1S/C8H13N3O2/c1-6-4-7(2)11(10-6)5-9-13-8(3)12/h4,9H,5H2,1-3H3. The highest BCUT2D eigenvalue weighted by Crippen LogP contribution is 1.99. The molecule has 1 aromatic rings. The summed E-state index contributed by atoms with van der Waals surface area (Å²) in [5, 5.41) is 4.17. The van der Waals surface area contributed by atoms with Crippen molar-refractivity contribution in [1.29, 1.82) is 0 Å². The van der Waals surface area contributed by atoms with Crippen molar-refractivity contribution in [3.63, 3.8) is 0 Å². The van der Waals surface area contributed by atoms with E-state index in [-0.39, 0.29) is 5.97 Å². The Kier molecular flexibility index (Phi) is 3.02. The predicted octanol–water partition coefficient (Wildman–Crippen LogP) is 0.525. The Hall–Kier alpha value is -1.36. The number of hydrogen-bond donors (Lipinski definition) is 1. The Morgan fingerprint density at radius 2 is 2.38 bits per heavy atom. The summed E-state index contributed by atoms with van der Waals surface area (Å²) in [5.74, 6) is -0.360. The summed E-state index contributed by atoms with van der Waals surface area (Å²) >= 11 is 0. The van der Waals surface area contributed by atoms with Crippen molar-refractivity contribution in [2.45, 2.75) is 27.4 Å². The van der Waals surface area contributed by atoms with Crippen LogP contribution in [0.25, 0.3) is 0 Å². The molecule has 0 unspecified atom stereocenters. The average Bonchev–Trinajstić information content (AvgIpc) is 2.29. The molecule has 0 aromatic carbocycles. The minimum Gasteiger partial charge on any atom is -0.369 e. The first-order chi connectivity index (χ1) is 6.09. The van der Waals surface area contributed by atoms with E-state index in [4.69, 9.17) is 0 Å². The lowest BCUT2D eigenvalue weighted by Gasteiger charge is -2.04. The second-order valence-corrected chi connectivity index (χ2v) is 2.82.